The molecule has 0 unspecified atom stereocenters. The van der Waals surface area contributed by atoms with Gasteiger partial charge in [-0.2, -0.15) is 0 Å². The second kappa shape index (κ2) is 5.07. The third-order valence-electron chi connectivity index (χ3n) is 1.76. The van der Waals surface area contributed by atoms with Gasteiger partial charge in [0, 0.05) is 19.5 Å². The molecular formula is C9H14N2O2S. The highest BCUT2D eigenvalue weighted by molar-refractivity contribution is 7.09. The van der Waals surface area contributed by atoms with E-state index in [1.165, 1.54) is 7.11 Å². The average Bonchev–Trinajstić information content (AvgIpc) is 2.51. The molecule has 78 valence electrons. The van der Waals surface area contributed by atoms with Crippen molar-refractivity contribution in [2.45, 2.75) is 13.5 Å². The monoisotopic (exact) mass is 214 g/mol. The maximum atomic E-state index is 11.3. The van der Waals surface area contributed by atoms with E-state index in [0.29, 0.717) is 6.54 Å². The van der Waals surface area contributed by atoms with Crippen molar-refractivity contribution in [2.24, 2.45) is 0 Å². The van der Waals surface area contributed by atoms with E-state index in [2.05, 4.69) is 4.98 Å². The minimum absolute atomic E-state index is 0.0295. The molecule has 1 amide bonds. The lowest BCUT2D eigenvalue weighted by Gasteiger charge is -2.14. The molecule has 0 saturated carbocycles. The Morgan fingerprint density at radius 2 is 2.43 bits per heavy atom. The van der Waals surface area contributed by atoms with E-state index in [0.717, 1.165) is 10.7 Å². The summed E-state index contributed by atoms with van der Waals surface area (Å²) < 4.78 is 4.76. The topological polar surface area (TPSA) is 42.4 Å². The minimum Gasteiger partial charge on any atom is -0.375 e. The number of likely N-dealkylation sites (N-methyl/N-ethyl adjacent to an activating group) is 1. The van der Waals surface area contributed by atoms with Gasteiger partial charge in [-0.3, -0.25) is 4.79 Å². The number of carbonyl (C=O) groups excluding carboxylic acids is 1. The molecule has 0 bridgehead atoms. The van der Waals surface area contributed by atoms with Gasteiger partial charge in [-0.05, 0) is 6.92 Å². The van der Waals surface area contributed by atoms with Crippen LogP contribution in [-0.4, -0.2) is 36.6 Å². The fourth-order valence-corrected chi connectivity index (χ4v) is 1.65. The normalized spacial score (nSPS) is 10.2. The van der Waals surface area contributed by atoms with E-state index in [-0.39, 0.29) is 12.5 Å². The van der Waals surface area contributed by atoms with E-state index in [1.807, 2.05) is 12.3 Å². The first-order chi connectivity index (χ1) is 6.63. The number of amides is 1. The third kappa shape index (κ3) is 3.08. The predicted molar refractivity (Wildman–Crippen MR) is 55.2 cm³/mol. The summed E-state index contributed by atoms with van der Waals surface area (Å²) >= 11 is 1.59. The first-order valence-corrected chi connectivity index (χ1v) is 5.15. The number of rotatable bonds is 4. The standard InChI is InChI=1S/C9H14N2O2S/c1-7-10-8(6-14-7)4-11(2)9(12)5-13-3/h6H,4-5H2,1-3H3. The van der Waals surface area contributed by atoms with Crippen LogP contribution in [0.3, 0.4) is 0 Å². The Morgan fingerprint density at radius 1 is 1.71 bits per heavy atom. The number of carbonyl (C=O) groups is 1. The van der Waals surface area contributed by atoms with Crippen molar-refractivity contribution in [1.82, 2.24) is 9.88 Å². The van der Waals surface area contributed by atoms with Crippen LogP contribution < -0.4 is 0 Å². The van der Waals surface area contributed by atoms with Crippen molar-refractivity contribution in [2.75, 3.05) is 20.8 Å². The third-order valence-corrected chi connectivity index (χ3v) is 2.58. The number of thiazole rings is 1. The van der Waals surface area contributed by atoms with E-state index >= 15 is 0 Å². The molecule has 5 heteroatoms. The second-order valence-corrected chi connectivity index (χ2v) is 4.10. The molecule has 0 saturated heterocycles. The molecule has 0 fully saturated rings. The summed E-state index contributed by atoms with van der Waals surface area (Å²) in [4.78, 5) is 17.2. The number of hydrogen-bond donors (Lipinski definition) is 0. The number of ether oxygens (including phenoxy) is 1. The van der Waals surface area contributed by atoms with E-state index < -0.39 is 0 Å². The molecule has 0 spiro atoms. The zero-order valence-corrected chi connectivity index (χ0v) is 9.43. The lowest BCUT2D eigenvalue weighted by atomic mass is 10.4. The number of aromatic nitrogens is 1. The smallest absolute Gasteiger partial charge is 0.248 e. The van der Waals surface area contributed by atoms with Crippen LogP contribution in [-0.2, 0) is 16.1 Å². The van der Waals surface area contributed by atoms with Crippen molar-refractivity contribution in [3.8, 4) is 0 Å². The molecule has 0 aliphatic rings. The quantitative estimate of drug-likeness (QED) is 0.752. The Labute approximate surface area is 87.5 Å². The summed E-state index contributed by atoms with van der Waals surface area (Å²) in [6.07, 6.45) is 0. The first kappa shape index (κ1) is 11.1. The molecule has 0 aliphatic carbocycles. The number of nitrogens with zero attached hydrogens (tertiary/aromatic N) is 2. The number of aryl methyl sites for hydroxylation is 1. The van der Waals surface area contributed by atoms with Gasteiger partial charge in [0.2, 0.25) is 5.91 Å². The molecule has 1 rings (SSSR count). The summed E-state index contributed by atoms with van der Waals surface area (Å²) in [7, 11) is 3.26. The van der Waals surface area contributed by atoms with Gasteiger partial charge in [-0.25, -0.2) is 4.98 Å². The van der Waals surface area contributed by atoms with Gasteiger partial charge < -0.3 is 9.64 Å². The number of hydrogen-bond acceptors (Lipinski definition) is 4. The Kier molecular flexibility index (Phi) is 4.03. The molecule has 1 aromatic heterocycles. The summed E-state index contributed by atoms with van der Waals surface area (Å²) in [5, 5.41) is 2.99. The van der Waals surface area contributed by atoms with Crippen LogP contribution in [0.1, 0.15) is 10.7 Å². The molecule has 0 aliphatic heterocycles. The molecule has 0 aromatic carbocycles. The van der Waals surface area contributed by atoms with Crippen LogP contribution in [0.2, 0.25) is 0 Å². The van der Waals surface area contributed by atoms with Crippen molar-refractivity contribution in [1.29, 1.82) is 0 Å². The van der Waals surface area contributed by atoms with Crippen molar-refractivity contribution in [3.63, 3.8) is 0 Å². The zero-order chi connectivity index (χ0) is 10.6. The zero-order valence-electron chi connectivity index (χ0n) is 8.61. The Balaban J connectivity index is 2.48. The van der Waals surface area contributed by atoms with Gasteiger partial charge in [0.1, 0.15) is 6.61 Å². The maximum Gasteiger partial charge on any atom is 0.248 e. The largest absolute Gasteiger partial charge is 0.375 e. The van der Waals surface area contributed by atoms with Gasteiger partial charge >= 0.3 is 0 Å². The van der Waals surface area contributed by atoms with Crippen LogP contribution in [0.4, 0.5) is 0 Å². The summed E-state index contributed by atoms with van der Waals surface area (Å²) in [5.41, 5.74) is 0.930. The molecule has 0 N–H and O–H groups in total. The van der Waals surface area contributed by atoms with Crippen LogP contribution in [0.15, 0.2) is 5.38 Å². The van der Waals surface area contributed by atoms with Gasteiger partial charge in [-0.1, -0.05) is 0 Å². The average molecular weight is 214 g/mol. The van der Waals surface area contributed by atoms with Crippen molar-refractivity contribution >= 4 is 17.2 Å². The lowest BCUT2D eigenvalue weighted by Crippen LogP contribution is -2.29. The molecule has 1 heterocycles. The SMILES string of the molecule is COCC(=O)N(C)Cc1csc(C)n1. The minimum atomic E-state index is -0.0295. The van der Waals surface area contributed by atoms with Crippen LogP contribution >= 0.6 is 11.3 Å². The molecule has 0 radical (unpaired) electrons. The molecule has 1 aromatic rings. The van der Waals surface area contributed by atoms with E-state index in [1.54, 1.807) is 23.3 Å². The molecular weight excluding hydrogens is 200 g/mol. The van der Waals surface area contributed by atoms with Crippen molar-refractivity contribution < 1.29 is 9.53 Å². The highest BCUT2D eigenvalue weighted by atomic mass is 32.1. The van der Waals surface area contributed by atoms with Gasteiger partial charge in [0.05, 0.1) is 17.2 Å². The highest BCUT2D eigenvalue weighted by Crippen LogP contribution is 2.09. The summed E-state index contributed by atoms with van der Waals surface area (Å²) in [6, 6.07) is 0. The molecule has 4 nitrogen and oxygen atoms in total. The number of methoxy groups -OCH3 is 1. The highest BCUT2D eigenvalue weighted by Gasteiger charge is 2.09. The first-order valence-electron chi connectivity index (χ1n) is 4.27. The van der Waals surface area contributed by atoms with Gasteiger partial charge in [-0.15, -0.1) is 11.3 Å². The van der Waals surface area contributed by atoms with Gasteiger partial charge in [0.15, 0.2) is 0 Å². The summed E-state index contributed by atoms with van der Waals surface area (Å²) in [6.45, 7) is 2.62. The fraction of sp³-hybridized carbons (Fsp3) is 0.556. The maximum absolute atomic E-state index is 11.3. The Morgan fingerprint density at radius 3 is 2.93 bits per heavy atom. The van der Waals surface area contributed by atoms with Crippen molar-refractivity contribution in [3.05, 3.63) is 16.1 Å². The van der Waals surface area contributed by atoms with Crippen LogP contribution in [0.25, 0.3) is 0 Å². The Bertz CT molecular complexity index is 312. The lowest BCUT2D eigenvalue weighted by molar-refractivity contribution is -0.134. The predicted octanol–water partition coefficient (Wildman–Crippen LogP) is 1.06. The van der Waals surface area contributed by atoms with Crippen LogP contribution in [0.5, 0.6) is 0 Å². The van der Waals surface area contributed by atoms with E-state index in [4.69, 9.17) is 4.74 Å². The summed E-state index contributed by atoms with van der Waals surface area (Å²) in [5.74, 6) is -0.0295. The van der Waals surface area contributed by atoms with Crippen LogP contribution in [0, 0.1) is 6.92 Å². The Hall–Kier alpha value is -0.940. The fourth-order valence-electron chi connectivity index (χ4n) is 1.05. The van der Waals surface area contributed by atoms with E-state index in [9.17, 15) is 4.79 Å². The molecule has 0 atom stereocenters. The molecule has 14 heavy (non-hydrogen) atoms. The second-order valence-electron chi connectivity index (χ2n) is 3.04. The van der Waals surface area contributed by atoms with Gasteiger partial charge in [0.25, 0.3) is 0 Å².